The van der Waals surface area contributed by atoms with Gasteiger partial charge in [0.2, 0.25) is 0 Å². The van der Waals surface area contributed by atoms with Gasteiger partial charge in [-0.25, -0.2) is 0 Å². The van der Waals surface area contributed by atoms with Crippen LogP contribution in [0.3, 0.4) is 0 Å². The van der Waals surface area contributed by atoms with E-state index in [0.717, 1.165) is 8.19 Å². The average Bonchev–Trinajstić information content (AvgIpc) is 2.74. The first-order valence-corrected chi connectivity index (χ1v) is 17.1. The number of halogens is 2. The number of fused-ring (bicyclic) bond motifs is 1. The van der Waals surface area contributed by atoms with Crippen molar-refractivity contribution in [3.63, 3.8) is 0 Å². The zero-order chi connectivity index (χ0) is 11.5. The largest absolute Gasteiger partial charge is 1.00 e. The molecule has 0 aliphatic heterocycles. The van der Waals surface area contributed by atoms with E-state index in [2.05, 4.69) is 50.1 Å². The molecule has 18 heavy (non-hydrogen) atoms. The molecule has 2 aliphatic rings. The van der Waals surface area contributed by atoms with E-state index in [-0.39, 0.29) is 24.8 Å². The monoisotopic (exact) mass is 379 g/mol. The minimum absolute atomic E-state index is 0. The Balaban J connectivity index is 0.000000810. The van der Waals surface area contributed by atoms with Crippen LogP contribution < -0.4 is 27.8 Å². The minimum Gasteiger partial charge on any atom is -1.00 e. The summed E-state index contributed by atoms with van der Waals surface area (Å²) < 4.78 is 10.3. The zero-order valence-corrected chi connectivity index (χ0v) is 16.1. The molecule has 0 radical (unpaired) electrons. The van der Waals surface area contributed by atoms with Gasteiger partial charge in [-0.1, -0.05) is 0 Å². The van der Waals surface area contributed by atoms with E-state index in [0.29, 0.717) is 3.12 Å². The van der Waals surface area contributed by atoms with Crippen molar-refractivity contribution < 1.29 is 43.6 Å². The first kappa shape index (κ1) is 16.8. The molecule has 1 saturated carbocycles. The van der Waals surface area contributed by atoms with Crippen LogP contribution in [0.5, 0.6) is 0 Å². The van der Waals surface area contributed by atoms with Gasteiger partial charge in [0, 0.05) is 0 Å². The molecule has 2 aliphatic carbocycles. The summed E-state index contributed by atoms with van der Waals surface area (Å²) in [5.41, 5.74) is 1.74. The second kappa shape index (κ2) is 4.93. The molecule has 2 atom stereocenters. The van der Waals surface area contributed by atoms with Gasteiger partial charge in [-0.05, 0) is 0 Å². The number of allylic oxidation sites excluding steroid dienone is 4. The molecule has 0 spiro atoms. The summed E-state index contributed by atoms with van der Waals surface area (Å²) in [5.74, 6) is 2.36. The molecule has 99 valence electrons. The molecule has 1 heterocycles. The van der Waals surface area contributed by atoms with E-state index in [9.17, 15) is 0 Å². The van der Waals surface area contributed by atoms with E-state index in [1.807, 2.05) is 3.00 Å². The van der Waals surface area contributed by atoms with Crippen LogP contribution in [-0.4, -0.2) is 0 Å². The maximum absolute atomic E-state index is 2.75. The van der Waals surface area contributed by atoms with Crippen LogP contribution in [0.1, 0.15) is 12.8 Å². The van der Waals surface area contributed by atoms with Crippen LogP contribution in [0.15, 0.2) is 41.7 Å². The molecular formula is C14H20Cl2PZr. The fourth-order valence-corrected chi connectivity index (χ4v) is 20.7. The summed E-state index contributed by atoms with van der Waals surface area (Å²) in [6.07, 6.45) is 10.0. The van der Waals surface area contributed by atoms with Crippen LogP contribution in [0.2, 0.25) is 17.0 Å². The van der Waals surface area contributed by atoms with Crippen LogP contribution in [0.4, 0.5) is 0 Å². The summed E-state index contributed by atoms with van der Waals surface area (Å²) in [6.45, 7) is 0. The zero-order valence-electron chi connectivity index (χ0n) is 11.1. The molecular weight excluding hydrogens is 361 g/mol. The average molecular weight is 381 g/mol. The van der Waals surface area contributed by atoms with Crippen LogP contribution in [0.25, 0.3) is 0 Å². The first-order chi connectivity index (χ1) is 7.45. The Morgan fingerprint density at radius 2 is 1.94 bits per heavy atom. The molecule has 1 aromatic heterocycles. The maximum atomic E-state index is 2.65. The van der Waals surface area contributed by atoms with Gasteiger partial charge in [-0.15, -0.1) is 0 Å². The molecule has 0 saturated heterocycles. The summed E-state index contributed by atoms with van der Waals surface area (Å²) in [5, 5.41) is 0. The molecule has 0 bridgehead atoms. The van der Waals surface area contributed by atoms with Crippen molar-refractivity contribution in [2.24, 2.45) is 0 Å². The Morgan fingerprint density at radius 3 is 2.39 bits per heavy atom. The van der Waals surface area contributed by atoms with Gasteiger partial charge in [0.05, 0.1) is 0 Å². The van der Waals surface area contributed by atoms with Gasteiger partial charge in [-0.2, -0.15) is 0 Å². The molecule has 0 nitrogen and oxygen atoms in total. The normalized spacial score (nSPS) is 25.9. The maximum Gasteiger partial charge on any atom is -1.00 e. The summed E-state index contributed by atoms with van der Waals surface area (Å²) in [6, 6.07) is 4.70. The van der Waals surface area contributed by atoms with Crippen LogP contribution >= 0.6 is 8.19 Å². The topological polar surface area (TPSA) is 0 Å². The second-order valence-electron chi connectivity index (χ2n) is 6.73. The number of hydrogen-bond acceptors (Lipinski definition) is 0. The predicted octanol–water partition coefficient (Wildman–Crippen LogP) is -1.37. The third-order valence-corrected chi connectivity index (χ3v) is 26.8. The number of hydrogen-bond donors (Lipinski definition) is 0. The van der Waals surface area contributed by atoms with Gasteiger partial charge in [0.25, 0.3) is 0 Å². The van der Waals surface area contributed by atoms with E-state index < -0.39 is 18.8 Å². The molecule has 0 N–H and O–H groups in total. The Kier molecular flexibility index (Phi) is 4.59. The summed E-state index contributed by atoms with van der Waals surface area (Å²) in [7, 11) is 0.966. The summed E-state index contributed by atoms with van der Waals surface area (Å²) in [4.78, 5) is 0. The molecule has 1 fully saturated rings. The van der Waals surface area contributed by atoms with Crippen molar-refractivity contribution in [2.75, 3.05) is 0 Å². The molecule has 3 rings (SSSR count). The third-order valence-electron chi connectivity index (χ3n) is 5.14. The van der Waals surface area contributed by atoms with Gasteiger partial charge in [-0.3, -0.25) is 0 Å². The first-order valence-electron chi connectivity index (χ1n) is 6.20. The van der Waals surface area contributed by atoms with Gasteiger partial charge in [0.15, 0.2) is 0 Å². The Morgan fingerprint density at radius 1 is 1.22 bits per heavy atom. The Labute approximate surface area is 125 Å². The van der Waals surface area contributed by atoms with Crippen LogP contribution in [0, 0.1) is 0 Å². The van der Waals surface area contributed by atoms with Crippen molar-refractivity contribution in [3.05, 3.63) is 41.7 Å². The molecule has 1 aromatic rings. The van der Waals surface area contributed by atoms with E-state index in [1.165, 1.54) is 12.8 Å². The van der Waals surface area contributed by atoms with E-state index in [1.54, 1.807) is 5.57 Å². The third kappa shape index (κ3) is 1.89. The van der Waals surface area contributed by atoms with Crippen molar-refractivity contribution in [1.29, 1.82) is 0 Å². The minimum atomic E-state index is -2.75. The molecule has 2 unspecified atom stereocenters. The standard InChI is InChI=1S/C7H7.C4H4P.3CH3.2ClH.Zr/c1-2-6-4-5-7(6)3-1;1-2-4-5-3-1;;;;;;/h1-3H,4-5H2;1-3,5H;3*1H3;2*1H;/q;;;;;;;+2/p-2. The summed E-state index contributed by atoms with van der Waals surface area (Å²) >= 11 is -2.75. The Hall–Kier alpha value is 0.723. The van der Waals surface area contributed by atoms with Crippen molar-refractivity contribution in [2.45, 2.75) is 29.9 Å². The van der Waals surface area contributed by atoms with Gasteiger partial charge >= 0.3 is 102 Å². The van der Waals surface area contributed by atoms with Crippen LogP contribution in [-0.2, 0) is 18.8 Å². The van der Waals surface area contributed by atoms with E-state index >= 15 is 0 Å². The van der Waals surface area contributed by atoms with Crippen molar-refractivity contribution in [1.82, 2.24) is 0 Å². The quantitative estimate of drug-likeness (QED) is 0.594. The molecule has 0 amide bonds. The molecule has 4 heteroatoms. The van der Waals surface area contributed by atoms with E-state index in [4.69, 9.17) is 0 Å². The molecule has 0 aromatic carbocycles. The second-order valence-corrected chi connectivity index (χ2v) is 28.0. The van der Waals surface area contributed by atoms with Crippen molar-refractivity contribution in [3.8, 4) is 0 Å². The van der Waals surface area contributed by atoms with Gasteiger partial charge in [0.1, 0.15) is 0 Å². The van der Waals surface area contributed by atoms with Crippen molar-refractivity contribution >= 4 is 11.2 Å². The predicted molar refractivity (Wildman–Crippen MR) is 72.3 cm³/mol. The number of rotatable bonds is 2. The SMILES string of the molecule is [CH3][Zr+2]([CH3])([CH3])([c]1ccc[pH]1)[C]12C=CC=C1CC2.[Cl-].[Cl-]. The van der Waals surface area contributed by atoms with Gasteiger partial charge < -0.3 is 24.8 Å². The fourth-order valence-electron chi connectivity index (χ4n) is 3.70. The smallest absolute Gasteiger partial charge is 1.00 e. The fraction of sp³-hybridized carbons (Fsp3) is 0.429. The Bertz CT molecular complexity index is 494.